The van der Waals surface area contributed by atoms with Crippen molar-refractivity contribution in [3.63, 3.8) is 0 Å². The fraction of sp³-hybridized carbons (Fsp3) is 0.483. The number of pyridine rings is 1. The minimum atomic E-state index is -0.455. The van der Waals surface area contributed by atoms with Crippen LogP contribution in [0, 0.1) is 23.7 Å². The molecule has 0 saturated heterocycles. The lowest BCUT2D eigenvalue weighted by Crippen LogP contribution is -2.50. The maximum absolute atomic E-state index is 13.5. The van der Waals surface area contributed by atoms with Gasteiger partial charge in [-0.1, -0.05) is 32.6 Å². The van der Waals surface area contributed by atoms with E-state index in [9.17, 15) is 14.7 Å². The van der Waals surface area contributed by atoms with E-state index in [1.807, 2.05) is 6.92 Å². The first-order valence-electron chi connectivity index (χ1n) is 12.9. The van der Waals surface area contributed by atoms with E-state index in [0.717, 1.165) is 6.42 Å². The molecule has 9 nitrogen and oxygen atoms in total. The predicted octanol–water partition coefficient (Wildman–Crippen LogP) is 3.20. The van der Waals surface area contributed by atoms with Crippen molar-refractivity contribution in [2.24, 2.45) is 11.8 Å². The molecule has 2 amide bonds. The molecule has 1 N–H and O–H groups in total. The number of amides is 2. The molecule has 202 valence electrons. The Kier molecular flexibility index (Phi) is 8.42. The first kappa shape index (κ1) is 27.3. The number of hydrogen-bond acceptors (Lipinski definition) is 7. The molecule has 0 saturated carbocycles. The Hall–Kier alpha value is -3.77. The van der Waals surface area contributed by atoms with E-state index in [4.69, 9.17) is 14.2 Å². The van der Waals surface area contributed by atoms with Crippen molar-refractivity contribution in [3.05, 3.63) is 47.2 Å². The van der Waals surface area contributed by atoms with Crippen molar-refractivity contribution in [3.8, 4) is 29.2 Å². The fourth-order valence-electron chi connectivity index (χ4n) is 4.35. The summed E-state index contributed by atoms with van der Waals surface area (Å²) in [6, 6.07) is 6.40. The largest absolute Gasteiger partial charge is 0.472 e. The van der Waals surface area contributed by atoms with Gasteiger partial charge in [0.1, 0.15) is 11.7 Å². The Balaban J connectivity index is 1.60. The zero-order valence-corrected chi connectivity index (χ0v) is 22.6. The van der Waals surface area contributed by atoms with Crippen molar-refractivity contribution in [2.45, 2.75) is 46.3 Å². The molecule has 2 aliphatic rings. The molecule has 1 aromatic heterocycles. The lowest BCUT2D eigenvalue weighted by atomic mass is 9.99. The van der Waals surface area contributed by atoms with Gasteiger partial charge in [-0.05, 0) is 37.1 Å². The maximum Gasteiger partial charge on any atom is 0.259 e. The van der Waals surface area contributed by atoms with Crippen LogP contribution in [0.1, 0.15) is 60.4 Å². The summed E-state index contributed by atoms with van der Waals surface area (Å²) in [6.45, 7) is 8.52. The number of carbonyl (C=O) groups excluding carboxylic acids is 2. The van der Waals surface area contributed by atoms with Crippen LogP contribution >= 0.6 is 0 Å². The summed E-state index contributed by atoms with van der Waals surface area (Å²) in [5, 5.41) is 9.87. The molecule has 4 rings (SSSR count). The second-order valence-corrected chi connectivity index (χ2v) is 10.4. The number of aliphatic hydroxyl groups is 1. The summed E-state index contributed by atoms with van der Waals surface area (Å²) in [5.74, 6) is 7.38. The summed E-state index contributed by atoms with van der Waals surface area (Å²) in [7, 11) is 1.71. The second-order valence-electron chi connectivity index (χ2n) is 10.4. The highest BCUT2D eigenvalue weighted by atomic mass is 16.7. The third kappa shape index (κ3) is 6.03. The first-order chi connectivity index (χ1) is 18.2. The topological polar surface area (TPSA) is 101 Å². The van der Waals surface area contributed by atoms with Crippen molar-refractivity contribution < 1.29 is 28.9 Å². The number of ether oxygens (including phenoxy) is 3. The summed E-state index contributed by atoms with van der Waals surface area (Å²) in [5.41, 5.74) is 1.39. The Labute approximate surface area is 223 Å². The third-order valence-electron chi connectivity index (χ3n) is 6.68. The van der Waals surface area contributed by atoms with Crippen molar-refractivity contribution >= 4 is 11.8 Å². The van der Waals surface area contributed by atoms with Gasteiger partial charge >= 0.3 is 0 Å². The summed E-state index contributed by atoms with van der Waals surface area (Å²) >= 11 is 0. The Morgan fingerprint density at radius 2 is 2.00 bits per heavy atom. The van der Waals surface area contributed by atoms with Crippen LogP contribution in [0.3, 0.4) is 0 Å². The van der Waals surface area contributed by atoms with Crippen LogP contribution in [0.4, 0.5) is 0 Å². The minimum Gasteiger partial charge on any atom is -0.472 e. The number of likely N-dealkylation sites (N-methyl/N-ethyl adjacent to an activating group) is 1. The average Bonchev–Trinajstić information content (AvgIpc) is 3.37. The molecule has 0 bridgehead atoms. The fourth-order valence-corrected chi connectivity index (χ4v) is 4.35. The van der Waals surface area contributed by atoms with Gasteiger partial charge in [-0.25, -0.2) is 4.98 Å². The number of nitrogens with zero attached hydrogens (tertiary/aromatic N) is 3. The normalized spacial score (nSPS) is 19.0. The number of benzene rings is 1. The highest BCUT2D eigenvalue weighted by molar-refractivity contribution is 5.97. The molecular weight excluding hydrogens is 486 g/mol. The van der Waals surface area contributed by atoms with E-state index in [1.54, 1.807) is 54.2 Å². The molecule has 0 fully saturated rings. The molecule has 38 heavy (non-hydrogen) atoms. The van der Waals surface area contributed by atoms with Gasteiger partial charge in [0, 0.05) is 43.3 Å². The Bertz CT molecular complexity index is 1250. The second kappa shape index (κ2) is 11.7. The first-order valence-corrected chi connectivity index (χ1v) is 12.9. The number of hydrogen-bond donors (Lipinski definition) is 1. The summed E-state index contributed by atoms with van der Waals surface area (Å²) < 4.78 is 17.1. The smallest absolute Gasteiger partial charge is 0.259 e. The van der Waals surface area contributed by atoms with E-state index in [-0.39, 0.29) is 43.6 Å². The van der Waals surface area contributed by atoms with Crippen LogP contribution in [0.25, 0.3) is 0 Å². The average molecular weight is 522 g/mol. The maximum atomic E-state index is 13.5. The van der Waals surface area contributed by atoms with Gasteiger partial charge in [-0.2, -0.15) is 0 Å². The van der Waals surface area contributed by atoms with Gasteiger partial charge in [0.25, 0.3) is 11.8 Å². The van der Waals surface area contributed by atoms with Crippen LogP contribution < -0.4 is 14.2 Å². The van der Waals surface area contributed by atoms with Crippen LogP contribution in [0.5, 0.6) is 17.4 Å². The molecule has 0 aliphatic carbocycles. The van der Waals surface area contributed by atoms with Crippen LogP contribution in [0.15, 0.2) is 30.5 Å². The molecule has 0 radical (unpaired) electrons. The number of carbonyl (C=O) groups is 2. The quantitative estimate of drug-likeness (QED) is 0.583. The number of aromatic nitrogens is 1. The van der Waals surface area contributed by atoms with Gasteiger partial charge in [-0.15, -0.1) is 0 Å². The van der Waals surface area contributed by atoms with Crippen LogP contribution in [-0.2, 0) is 0 Å². The van der Waals surface area contributed by atoms with E-state index >= 15 is 0 Å². The Morgan fingerprint density at radius 3 is 2.74 bits per heavy atom. The standard InChI is InChI=1S/C29H35N3O6/c1-18(2)7-6-8-21-11-23-27(30-13-21)38-26(19(3)14-32(29(23)35)20(4)16-33)15-31(5)28(34)22-9-10-24-25(12-22)37-17-36-24/h9-13,18-20,26,33H,7,14-17H2,1-5H3/t19-,20+,26+/m1/s1. The summed E-state index contributed by atoms with van der Waals surface area (Å²) in [6.07, 6.45) is 1.88. The van der Waals surface area contributed by atoms with Crippen molar-refractivity contribution in [2.75, 3.05) is 33.5 Å². The molecule has 2 aromatic rings. The number of aliphatic hydroxyl groups excluding tert-OH is 1. The SMILES string of the molecule is CC(C)CC#Cc1cnc2c(c1)C(=O)N([C@@H](C)CO)C[C@@H](C)[C@H](CN(C)C(=O)c1ccc3c(c1)OCO3)O2. The van der Waals surface area contributed by atoms with Crippen molar-refractivity contribution in [1.29, 1.82) is 0 Å². The highest BCUT2D eigenvalue weighted by Gasteiger charge is 2.35. The number of fused-ring (bicyclic) bond motifs is 2. The monoisotopic (exact) mass is 521 g/mol. The molecule has 0 spiro atoms. The molecule has 0 unspecified atom stereocenters. The Morgan fingerprint density at radius 1 is 1.24 bits per heavy atom. The van der Waals surface area contributed by atoms with Gasteiger partial charge < -0.3 is 29.1 Å². The molecule has 3 atom stereocenters. The summed E-state index contributed by atoms with van der Waals surface area (Å²) in [4.78, 5) is 34.5. The van der Waals surface area contributed by atoms with E-state index < -0.39 is 12.1 Å². The third-order valence-corrected chi connectivity index (χ3v) is 6.68. The molecular formula is C29H35N3O6. The lowest BCUT2D eigenvalue weighted by molar-refractivity contribution is 0.0313. The molecule has 3 heterocycles. The van der Waals surface area contributed by atoms with Gasteiger partial charge in [0.15, 0.2) is 11.5 Å². The van der Waals surface area contributed by atoms with E-state index in [0.29, 0.717) is 40.7 Å². The van der Waals surface area contributed by atoms with Crippen LogP contribution in [-0.4, -0.2) is 77.4 Å². The van der Waals surface area contributed by atoms with E-state index in [2.05, 4.69) is 30.7 Å². The molecule has 2 aliphatic heterocycles. The van der Waals surface area contributed by atoms with Gasteiger partial charge in [0.2, 0.25) is 12.7 Å². The highest BCUT2D eigenvalue weighted by Crippen LogP contribution is 2.33. The van der Waals surface area contributed by atoms with Gasteiger partial charge in [-0.3, -0.25) is 9.59 Å². The minimum absolute atomic E-state index is 0.134. The molecule has 9 heteroatoms. The van der Waals surface area contributed by atoms with Gasteiger partial charge in [0.05, 0.1) is 19.2 Å². The zero-order valence-electron chi connectivity index (χ0n) is 22.6. The molecule has 1 aromatic carbocycles. The van der Waals surface area contributed by atoms with Crippen LogP contribution in [0.2, 0.25) is 0 Å². The predicted molar refractivity (Wildman–Crippen MR) is 141 cm³/mol. The lowest BCUT2D eigenvalue weighted by Gasteiger charge is -2.37. The van der Waals surface area contributed by atoms with E-state index in [1.165, 1.54) is 0 Å². The zero-order chi connectivity index (χ0) is 27.4. The number of rotatable bonds is 6. The van der Waals surface area contributed by atoms with Crippen molar-refractivity contribution in [1.82, 2.24) is 14.8 Å².